The zero-order chi connectivity index (χ0) is 15.8. The quantitative estimate of drug-likeness (QED) is 0.787. The predicted molar refractivity (Wildman–Crippen MR) is 87.5 cm³/mol. The highest BCUT2D eigenvalue weighted by molar-refractivity contribution is 5.43. The average Bonchev–Trinajstić information content (AvgIpc) is 2.59. The van der Waals surface area contributed by atoms with Gasteiger partial charge in [-0.3, -0.25) is 0 Å². The number of benzene rings is 2. The molecule has 0 saturated heterocycles. The van der Waals surface area contributed by atoms with Gasteiger partial charge in [0.05, 0.1) is 20.8 Å². The Morgan fingerprint density at radius 2 is 1.73 bits per heavy atom. The Kier molecular flexibility index (Phi) is 6.25. The van der Waals surface area contributed by atoms with Crippen LogP contribution in [0.5, 0.6) is 11.5 Å². The van der Waals surface area contributed by atoms with Crippen molar-refractivity contribution in [3.63, 3.8) is 0 Å². The molecule has 0 bridgehead atoms. The van der Waals surface area contributed by atoms with Crippen LogP contribution in [0.4, 0.5) is 0 Å². The highest BCUT2D eigenvalue weighted by Crippen LogP contribution is 2.29. The van der Waals surface area contributed by atoms with E-state index in [0.717, 1.165) is 23.5 Å². The average molecular weight is 301 g/mol. The first-order valence-electron chi connectivity index (χ1n) is 7.38. The number of methoxy groups -OCH3 is 2. The molecule has 118 valence electrons. The first-order chi connectivity index (χ1) is 10.8. The fraction of sp³-hybridized carbons (Fsp3) is 0.333. The second-order valence-corrected chi connectivity index (χ2v) is 5.03. The highest BCUT2D eigenvalue weighted by Gasteiger charge is 2.13. The summed E-state index contributed by atoms with van der Waals surface area (Å²) in [6, 6.07) is 16.3. The summed E-state index contributed by atoms with van der Waals surface area (Å²) in [5, 5.41) is 12.5. The molecule has 2 rings (SSSR count). The zero-order valence-electron chi connectivity index (χ0n) is 13.1. The summed E-state index contributed by atoms with van der Waals surface area (Å²) in [5.74, 6) is 1.46. The van der Waals surface area contributed by atoms with Crippen LogP contribution in [-0.2, 0) is 6.42 Å². The molecule has 4 nitrogen and oxygen atoms in total. The Bertz CT molecular complexity index is 572. The third kappa shape index (κ3) is 4.23. The van der Waals surface area contributed by atoms with E-state index in [0.29, 0.717) is 6.54 Å². The van der Waals surface area contributed by atoms with Gasteiger partial charge in [-0.25, -0.2) is 0 Å². The number of aliphatic hydroxyl groups excluding tert-OH is 1. The minimum absolute atomic E-state index is 0.120. The lowest BCUT2D eigenvalue weighted by Gasteiger charge is -2.19. The van der Waals surface area contributed by atoms with Crippen molar-refractivity contribution >= 4 is 0 Å². The van der Waals surface area contributed by atoms with E-state index in [1.165, 1.54) is 5.56 Å². The van der Waals surface area contributed by atoms with Crippen molar-refractivity contribution in [2.24, 2.45) is 0 Å². The first-order valence-corrected chi connectivity index (χ1v) is 7.38. The Morgan fingerprint density at radius 3 is 2.36 bits per heavy atom. The van der Waals surface area contributed by atoms with Crippen molar-refractivity contribution < 1.29 is 14.6 Å². The molecule has 0 radical (unpaired) electrons. The first kappa shape index (κ1) is 16.3. The summed E-state index contributed by atoms with van der Waals surface area (Å²) < 4.78 is 10.6. The Labute approximate surface area is 131 Å². The summed E-state index contributed by atoms with van der Waals surface area (Å²) in [6.07, 6.45) is 0.810. The molecule has 0 aliphatic heterocycles. The number of nitrogens with one attached hydrogen (secondary N) is 1. The van der Waals surface area contributed by atoms with Crippen LogP contribution < -0.4 is 14.8 Å². The molecule has 0 aromatic heterocycles. The monoisotopic (exact) mass is 301 g/mol. The van der Waals surface area contributed by atoms with Gasteiger partial charge in [-0.05, 0) is 29.7 Å². The summed E-state index contributed by atoms with van der Waals surface area (Å²) in [5.41, 5.74) is 2.35. The normalized spacial score (nSPS) is 12.0. The molecule has 0 amide bonds. The summed E-state index contributed by atoms with van der Waals surface area (Å²) in [4.78, 5) is 0. The standard InChI is InChI=1S/C18H23NO3/c1-21-17-9-8-14(13-18(17)22-2)12-16(19-10-11-20)15-6-4-3-5-7-15/h3-9,13,16,19-20H,10-12H2,1-2H3. The number of rotatable bonds is 8. The summed E-state index contributed by atoms with van der Waals surface area (Å²) in [7, 11) is 3.27. The number of hydrogen-bond acceptors (Lipinski definition) is 4. The maximum Gasteiger partial charge on any atom is 0.160 e. The number of hydrogen-bond donors (Lipinski definition) is 2. The summed E-state index contributed by atoms with van der Waals surface area (Å²) in [6.45, 7) is 0.683. The molecule has 0 spiro atoms. The lowest BCUT2D eigenvalue weighted by Crippen LogP contribution is -2.26. The van der Waals surface area contributed by atoms with E-state index in [2.05, 4.69) is 17.4 Å². The van der Waals surface area contributed by atoms with E-state index >= 15 is 0 Å². The predicted octanol–water partition coefficient (Wildman–Crippen LogP) is 2.57. The minimum atomic E-state index is 0.120. The molecule has 0 aliphatic rings. The maximum atomic E-state index is 9.08. The molecule has 0 fully saturated rings. The van der Waals surface area contributed by atoms with Crippen molar-refractivity contribution in [1.29, 1.82) is 0 Å². The molecule has 0 heterocycles. The van der Waals surface area contributed by atoms with Crippen LogP contribution in [0.15, 0.2) is 48.5 Å². The maximum absolute atomic E-state index is 9.08. The Hall–Kier alpha value is -2.04. The largest absolute Gasteiger partial charge is 0.493 e. The van der Waals surface area contributed by atoms with Crippen molar-refractivity contribution in [2.45, 2.75) is 12.5 Å². The molecule has 4 heteroatoms. The van der Waals surface area contributed by atoms with Gasteiger partial charge in [0.25, 0.3) is 0 Å². The Balaban J connectivity index is 2.19. The van der Waals surface area contributed by atoms with Crippen LogP contribution in [0.2, 0.25) is 0 Å². The minimum Gasteiger partial charge on any atom is -0.493 e. The van der Waals surface area contributed by atoms with E-state index < -0.39 is 0 Å². The lowest BCUT2D eigenvalue weighted by molar-refractivity contribution is 0.284. The summed E-state index contributed by atoms with van der Waals surface area (Å²) >= 11 is 0. The van der Waals surface area contributed by atoms with Crippen LogP contribution >= 0.6 is 0 Å². The number of aliphatic hydroxyl groups is 1. The van der Waals surface area contributed by atoms with Crippen LogP contribution in [0.3, 0.4) is 0 Å². The molecule has 1 atom stereocenters. The van der Waals surface area contributed by atoms with Crippen LogP contribution in [0, 0.1) is 0 Å². The molecule has 2 aromatic rings. The van der Waals surface area contributed by atoms with Crippen molar-refractivity contribution in [3.8, 4) is 11.5 Å². The van der Waals surface area contributed by atoms with Gasteiger partial charge in [-0.15, -0.1) is 0 Å². The fourth-order valence-electron chi connectivity index (χ4n) is 2.48. The Morgan fingerprint density at radius 1 is 1.00 bits per heavy atom. The molecule has 2 aromatic carbocycles. The second kappa shape index (κ2) is 8.41. The topological polar surface area (TPSA) is 50.7 Å². The fourth-order valence-corrected chi connectivity index (χ4v) is 2.48. The van der Waals surface area contributed by atoms with Gasteiger partial charge >= 0.3 is 0 Å². The lowest BCUT2D eigenvalue weighted by atomic mass is 9.98. The van der Waals surface area contributed by atoms with Gasteiger partial charge in [0, 0.05) is 12.6 Å². The third-order valence-electron chi connectivity index (χ3n) is 3.59. The second-order valence-electron chi connectivity index (χ2n) is 5.03. The molecule has 0 saturated carbocycles. The molecular weight excluding hydrogens is 278 g/mol. The highest BCUT2D eigenvalue weighted by atomic mass is 16.5. The van der Waals surface area contributed by atoms with Crippen molar-refractivity contribution in [3.05, 3.63) is 59.7 Å². The van der Waals surface area contributed by atoms with Crippen LogP contribution in [-0.4, -0.2) is 32.5 Å². The van der Waals surface area contributed by atoms with E-state index in [4.69, 9.17) is 14.6 Å². The smallest absolute Gasteiger partial charge is 0.160 e. The van der Waals surface area contributed by atoms with Crippen molar-refractivity contribution in [1.82, 2.24) is 5.32 Å². The van der Waals surface area contributed by atoms with Gasteiger partial charge in [-0.2, -0.15) is 0 Å². The van der Waals surface area contributed by atoms with Gasteiger partial charge in [0.2, 0.25) is 0 Å². The molecule has 1 unspecified atom stereocenters. The molecule has 0 aliphatic carbocycles. The third-order valence-corrected chi connectivity index (χ3v) is 3.59. The van der Waals surface area contributed by atoms with E-state index in [1.807, 2.05) is 36.4 Å². The molecule has 22 heavy (non-hydrogen) atoms. The van der Waals surface area contributed by atoms with Gasteiger partial charge < -0.3 is 19.9 Å². The molecular formula is C18H23NO3. The van der Waals surface area contributed by atoms with E-state index in [1.54, 1.807) is 14.2 Å². The van der Waals surface area contributed by atoms with Crippen LogP contribution in [0.1, 0.15) is 17.2 Å². The van der Waals surface area contributed by atoms with Gasteiger partial charge in [-0.1, -0.05) is 36.4 Å². The van der Waals surface area contributed by atoms with Crippen LogP contribution in [0.25, 0.3) is 0 Å². The van der Waals surface area contributed by atoms with Crippen molar-refractivity contribution in [2.75, 3.05) is 27.4 Å². The van der Waals surface area contributed by atoms with E-state index in [9.17, 15) is 0 Å². The molecule has 2 N–H and O–H groups in total. The van der Waals surface area contributed by atoms with Gasteiger partial charge in [0.15, 0.2) is 11.5 Å². The number of ether oxygens (including phenoxy) is 2. The van der Waals surface area contributed by atoms with E-state index in [-0.39, 0.29) is 12.6 Å². The SMILES string of the molecule is COc1ccc(CC(NCCO)c2ccccc2)cc1OC. The van der Waals surface area contributed by atoms with Gasteiger partial charge in [0.1, 0.15) is 0 Å². The zero-order valence-corrected chi connectivity index (χ0v) is 13.1.